The molecule has 0 radical (unpaired) electrons. The quantitative estimate of drug-likeness (QED) is 0.430. The lowest BCUT2D eigenvalue weighted by Crippen LogP contribution is -2.59. The zero-order valence-electron chi connectivity index (χ0n) is 18.7. The largest absolute Gasteiger partial charge is 0.255 e. The molecule has 0 aliphatic carbocycles. The van der Waals surface area contributed by atoms with Crippen molar-refractivity contribution in [2.24, 2.45) is 0 Å². The van der Waals surface area contributed by atoms with Gasteiger partial charge in [-0.05, 0) is 38.1 Å². The minimum atomic E-state index is -3.90. The van der Waals surface area contributed by atoms with Crippen LogP contribution in [0.4, 0.5) is 0 Å². The number of piperazine rings is 1. The van der Waals surface area contributed by atoms with Gasteiger partial charge in [0, 0.05) is 48.3 Å². The van der Waals surface area contributed by atoms with Gasteiger partial charge in [0.15, 0.2) is 0 Å². The molecule has 176 valence electrons. The van der Waals surface area contributed by atoms with Gasteiger partial charge in [-0.3, -0.25) is 9.97 Å². The summed E-state index contributed by atoms with van der Waals surface area (Å²) >= 11 is 0. The number of benzene rings is 2. The summed E-state index contributed by atoms with van der Waals surface area (Å²) in [6, 6.07) is 16.1. The van der Waals surface area contributed by atoms with Crippen LogP contribution in [0.1, 0.15) is 13.8 Å². The molecule has 0 N–H and O–H groups in total. The van der Waals surface area contributed by atoms with Gasteiger partial charge in [0.25, 0.3) is 0 Å². The summed E-state index contributed by atoms with van der Waals surface area (Å²) in [7, 11) is -7.80. The van der Waals surface area contributed by atoms with Gasteiger partial charge in [-0.2, -0.15) is 8.61 Å². The molecule has 2 aromatic carbocycles. The molecule has 3 heterocycles. The van der Waals surface area contributed by atoms with Crippen molar-refractivity contribution in [2.45, 2.75) is 35.7 Å². The second-order valence-electron chi connectivity index (χ2n) is 8.51. The van der Waals surface area contributed by atoms with Gasteiger partial charge in [0.2, 0.25) is 20.0 Å². The third-order valence-electron chi connectivity index (χ3n) is 6.24. The minimum Gasteiger partial charge on any atom is -0.255 e. The fourth-order valence-electron chi connectivity index (χ4n) is 4.55. The van der Waals surface area contributed by atoms with Crippen LogP contribution in [0.25, 0.3) is 21.8 Å². The van der Waals surface area contributed by atoms with E-state index in [0.717, 1.165) is 10.8 Å². The van der Waals surface area contributed by atoms with Gasteiger partial charge in [-0.25, -0.2) is 16.8 Å². The van der Waals surface area contributed by atoms with Gasteiger partial charge in [-0.1, -0.05) is 36.4 Å². The average Bonchev–Trinajstić information content (AvgIpc) is 2.84. The molecule has 0 saturated carbocycles. The molecular formula is C24H24N4O4S2. The standard InChI is InChI=1S/C24H24N4O4S2/c1-17-15-28(34(31,32)22-12-4-8-20-10-6-14-26-24(20)22)18(2)16-27(17)33(29,30)21-11-3-7-19-9-5-13-25-23(19)21/h3-14,17-18H,15-16H2,1-2H3. The van der Waals surface area contributed by atoms with E-state index in [1.54, 1.807) is 62.6 Å². The third kappa shape index (κ3) is 3.67. The summed E-state index contributed by atoms with van der Waals surface area (Å²) in [5, 5.41) is 1.46. The average molecular weight is 497 g/mol. The van der Waals surface area contributed by atoms with Crippen molar-refractivity contribution in [1.82, 2.24) is 18.6 Å². The van der Waals surface area contributed by atoms with E-state index in [0.29, 0.717) is 11.0 Å². The molecule has 0 bridgehead atoms. The Bertz CT molecular complexity index is 1470. The van der Waals surface area contributed by atoms with Gasteiger partial charge in [0.05, 0.1) is 11.0 Å². The Balaban J connectivity index is 1.51. The molecule has 1 fully saturated rings. The minimum absolute atomic E-state index is 0.0319. The Morgan fingerprint density at radius 3 is 1.44 bits per heavy atom. The number of nitrogens with zero attached hydrogens (tertiary/aromatic N) is 4. The van der Waals surface area contributed by atoms with Crippen LogP contribution < -0.4 is 0 Å². The summed E-state index contributed by atoms with van der Waals surface area (Å²) in [6.45, 7) is 3.52. The molecule has 34 heavy (non-hydrogen) atoms. The van der Waals surface area contributed by atoms with Crippen LogP contribution in [0.2, 0.25) is 0 Å². The third-order valence-corrected chi connectivity index (χ3v) is 10.3. The first kappa shape index (κ1) is 22.9. The lowest BCUT2D eigenvalue weighted by atomic mass is 10.2. The number of aromatic nitrogens is 2. The molecule has 2 unspecified atom stereocenters. The molecule has 8 nitrogen and oxygen atoms in total. The van der Waals surface area contributed by atoms with E-state index < -0.39 is 32.1 Å². The molecule has 0 spiro atoms. The van der Waals surface area contributed by atoms with Crippen molar-refractivity contribution in [3.63, 3.8) is 0 Å². The monoisotopic (exact) mass is 496 g/mol. The lowest BCUT2D eigenvalue weighted by molar-refractivity contribution is 0.164. The Labute approximate surface area is 199 Å². The predicted molar refractivity (Wildman–Crippen MR) is 130 cm³/mol. The van der Waals surface area contributed by atoms with Crippen molar-refractivity contribution in [3.05, 3.63) is 73.1 Å². The van der Waals surface area contributed by atoms with E-state index in [1.807, 2.05) is 24.3 Å². The first-order valence-corrected chi connectivity index (χ1v) is 13.8. The fourth-order valence-corrected chi connectivity index (χ4v) is 8.30. The Morgan fingerprint density at radius 2 is 1.03 bits per heavy atom. The van der Waals surface area contributed by atoms with E-state index in [2.05, 4.69) is 9.97 Å². The maximum atomic E-state index is 13.7. The normalized spacial score (nSPS) is 20.6. The molecule has 1 aliphatic heterocycles. The van der Waals surface area contributed by atoms with Crippen LogP contribution in [-0.2, 0) is 20.0 Å². The molecule has 2 aromatic heterocycles. The van der Waals surface area contributed by atoms with Crippen LogP contribution >= 0.6 is 0 Å². The molecule has 5 rings (SSSR count). The van der Waals surface area contributed by atoms with Crippen molar-refractivity contribution < 1.29 is 16.8 Å². The van der Waals surface area contributed by atoms with Crippen molar-refractivity contribution in [2.75, 3.05) is 13.1 Å². The van der Waals surface area contributed by atoms with Crippen molar-refractivity contribution in [1.29, 1.82) is 0 Å². The molecule has 1 saturated heterocycles. The highest BCUT2D eigenvalue weighted by Crippen LogP contribution is 2.32. The SMILES string of the molecule is CC1CN(S(=O)(=O)c2cccc3cccnc23)C(C)CN1S(=O)(=O)c1cccc2cccnc12. The molecule has 1 aliphatic rings. The van der Waals surface area contributed by atoms with E-state index >= 15 is 0 Å². The van der Waals surface area contributed by atoms with Crippen LogP contribution in [0, 0.1) is 0 Å². The Kier molecular flexibility index (Phi) is 5.64. The predicted octanol–water partition coefficient (Wildman–Crippen LogP) is 3.26. The van der Waals surface area contributed by atoms with E-state index in [4.69, 9.17) is 0 Å². The van der Waals surface area contributed by atoms with E-state index in [1.165, 1.54) is 8.61 Å². The number of hydrogen-bond donors (Lipinski definition) is 0. The number of para-hydroxylation sites is 2. The van der Waals surface area contributed by atoms with E-state index in [9.17, 15) is 16.8 Å². The summed E-state index contributed by atoms with van der Waals surface area (Å²) in [6.07, 6.45) is 3.13. The number of pyridine rings is 2. The van der Waals surface area contributed by atoms with Crippen LogP contribution in [0.5, 0.6) is 0 Å². The maximum absolute atomic E-state index is 13.7. The second kappa shape index (κ2) is 8.38. The van der Waals surface area contributed by atoms with Gasteiger partial charge in [0.1, 0.15) is 9.79 Å². The molecule has 0 amide bonds. The highest BCUT2D eigenvalue weighted by Gasteiger charge is 2.42. The first-order chi connectivity index (χ1) is 16.2. The topological polar surface area (TPSA) is 101 Å². The molecule has 2 atom stereocenters. The Morgan fingerprint density at radius 1 is 0.647 bits per heavy atom. The van der Waals surface area contributed by atoms with E-state index in [-0.39, 0.29) is 22.9 Å². The van der Waals surface area contributed by atoms with Gasteiger partial charge < -0.3 is 0 Å². The summed E-state index contributed by atoms with van der Waals surface area (Å²) in [5.41, 5.74) is 0.809. The Hall–Kier alpha value is -2.92. The molecule has 4 aromatic rings. The van der Waals surface area contributed by atoms with Crippen LogP contribution in [0.3, 0.4) is 0 Å². The highest BCUT2D eigenvalue weighted by molar-refractivity contribution is 7.90. The van der Waals surface area contributed by atoms with Crippen molar-refractivity contribution >= 4 is 41.9 Å². The number of sulfonamides is 2. The zero-order valence-corrected chi connectivity index (χ0v) is 20.4. The zero-order chi connectivity index (χ0) is 24.1. The molecular weight excluding hydrogens is 472 g/mol. The van der Waals surface area contributed by atoms with Gasteiger partial charge in [-0.15, -0.1) is 0 Å². The van der Waals surface area contributed by atoms with Crippen LogP contribution in [-0.4, -0.2) is 60.6 Å². The lowest BCUT2D eigenvalue weighted by Gasteiger charge is -2.42. The van der Waals surface area contributed by atoms with Crippen LogP contribution in [0.15, 0.2) is 82.8 Å². The van der Waals surface area contributed by atoms with Gasteiger partial charge >= 0.3 is 0 Å². The number of fused-ring (bicyclic) bond motifs is 2. The number of rotatable bonds is 4. The second-order valence-corrected chi connectivity index (χ2v) is 12.2. The highest BCUT2D eigenvalue weighted by atomic mass is 32.2. The van der Waals surface area contributed by atoms with Crippen molar-refractivity contribution in [3.8, 4) is 0 Å². The first-order valence-electron chi connectivity index (χ1n) is 10.9. The summed E-state index contributed by atoms with van der Waals surface area (Å²) < 4.78 is 57.4. The molecule has 10 heteroatoms. The summed E-state index contributed by atoms with van der Waals surface area (Å²) in [4.78, 5) is 8.83. The maximum Gasteiger partial charge on any atom is 0.245 e. The number of hydrogen-bond acceptors (Lipinski definition) is 6. The smallest absolute Gasteiger partial charge is 0.245 e. The fraction of sp³-hybridized carbons (Fsp3) is 0.250. The summed E-state index contributed by atoms with van der Waals surface area (Å²) in [5.74, 6) is 0.